The number of amides is 1. The normalized spacial score (nSPS) is 19.0. The zero-order valence-electron chi connectivity index (χ0n) is 13.2. The van der Waals surface area contributed by atoms with Crippen LogP contribution in [0.25, 0.3) is 0 Å². The Hall–Kier alpha value is -3.07. The van der Waals surface area contributed by atoms with Crippen LogP contribution in [0.2, 0.25) is 0 Å². The first kappa shape index (κ1) is 15.8. The number of nitriles is 1. The van der Waals surface area contributed by atoms with E-state index in [1.807, 2.05) is 18.2 Å². The minimum atomic E-state index is -0.415. The number of hydrogen-bond acceptors (Lipinski definition) is 5. The Bertz CT molecular complexity index is 804. The lowest BCUT2D eigenvalue weighted by atomic mass is 10.2. The molecule has 24 heavy (non-hydrogen) atoms. The number of benzene rings is 1. The fourth-order valence-corrected chi connectivity index (χ4v) is 2.38. The first-order valence-corrected chi connectivity index (χ1v) is 7.71. The highest BCUT2D eigenvalue weighted by Gasteiger charge is 2.36. The summed E-state index contributed by atoms with van der Waals surface area (Å²) in [5, 5.41) is 12.8. The maximum absolute atomic E-state index is 11.7. The Morgan fingerprint density at radius 1 is 1.46 bits per heavy atom. The molecule has 2 atom stereocenters. The van der Waals surface area contributed by atoms with E-state index in [0.29, 0.717) is 28.9 Å². The minimum Gasteiger partial charge on any atom is -0.482 e. The van der Waals surface area contributed by atoms with Crippen LogP contribution < -0.4 is 10.2 Å². The van der Waals surface area contributed by atoms with Gasteiger partial charge in [0.2, 0.25) is 0 Å². The van der Waals surface area contributed by atoms with Gasteiger partial charge in [-0.1, -0.05) is 19.1 Å². The van der Waals surface area contributed by atoms with Crippen molar-refractivity contribution in [2.45, 2.75) is 19.3 Å². The lowest BCUT2D eigenvalue weighted by Gasteiger charge is -2.05. The number of furan rings is 1. The van der Waals surface area contributed by atoms with Crippen molar-refractivity contribution in [3.63, 3.8) is 0 Å². The third-order valence-electron chi connectivity index (χ3n) is 3.87. The molecule has 0 radical (unpaired) electrons. The van der Waals surface area contributed by atoms with Crippen LogP contribution in [0.4, 0.5) is 0 Å². The molecule has 0 saturated heterocycles. The van der Waals surface area contributed by atoms with Crippen LogP contribution in [0.15, 0.2) is 45.9 Å². The number of rotatable bonds is 6. The fraction of sp³-hybridized carbons (Fsp3) is 0.278. The Morgan fingerprint density at radius 3 is 3.00 bits per heavy atom. The topological polar surface area (TPSA) is 87.6 Å². The van der Waals surface area contributed by atoms with Crippen LogP contribution in [0.3, 0.4) is 0 Å². The van der Waals surface area contributed by atoms with Gasteiger partial charge in [-0.25, -0.2) is 5.43 Å². The van der Waals surface area contributed by atoms with Crippen LogP contribution in [0, 0.1) is 17.2 Å². The van der Waals surface area contributed by atoms with Crippen LogP contribution in [-0.4, -0.2) is 18.7 Å². The van der Waals surface area contributed by atoms with E-state index < -0.39 is 5.91 Å². The fourth-order valence-electron chi connectivity index (χ4n) is 2.38. The Balaban J connectivity index is 1.47. The van der Waals surface area contributed by atoms with Crippen molar-refractivity contribution < 1.29 is 13.9 Å². The van der Waals surface area contributed by atoms with E-state index in [0.717, 1.165) is 12.2 Å². The van der Waals surface area contributed by atoms with Crippen molar-refractivity contribution in [3.8, 4) is 11.8 Å². The molecule has 1 amide bonds. The molecular formula is C18H17N3O3. The summed E-state index contributed by atoms with van der Waals surface area (Å²) in [5.41, 5.74) is 2.75. The van der Waals surface area contributed by atoms with Crippen LogP contribution in [-0.2, 0) is 4.79 Å². The van der Waals surface area contributed by atoms with E-state index in [9.17, 15) is 4.79 Å². The quantitative estimate of drug-likeness (QED) is 0.654. The Kier molecular flexibility index (Phi) is 4.62. The third kappa shape index (κ3) is 3.82. The number of nitrogens with one attached hydrogen (secondary N) is 1. The van der Waals surface area contributed by atoms with Gasteiger partial charge in [-0.3, -0.25) is 4.79 Å². The highest BCUT2D eigenvalue weighted by Crippen LogP contribution is 2.47. The molecule has 1 aliphatic rings. The molecule has 1 fully saturated rings. The van der Waals surface area contributed by atoms with E-state index in [4.69, 9.17) is 14.4 Å². The van der Waals surface area contributed by atoms with E-state index in [1.165, 1.54) is 6.21 Å². The zero-order valence-corrected chi connectivity index (χ0v) is 13.2. The summed E-state index contributed by atoms with van der Waals surface area (Å²) >= 11 is 0. The summed E-state index contributed by atoms with van der Waals surface area (Å²) in [4.78, 5) is 11.7. The lowest BCUT2D eigenvalue weighted by molar-refractivity contribution is -0.123. The number of para-hydroxylation sites is 1. The SMILES string of the molecule is C[C@@H]1C[C@H]1c1ccc(/C=N\NC(=O)COc2ccccc2C#N)o1. The second-order valence-electron chi connectivity index (χ2n) is 5.75. The number of carbonyl (C=O) groups excluding carboxylic acids is 1. The van der Waals surface area contributed by atoms with Gasteiger partial charge < -0.3 is 9.15 Å². The van der Waals surface area contributed by atoms with Gasteiger partial charge in [0.05, 0.1) is 11.8 Å². The molecule has 3 rings (SSSR count). The number of ether oxygens (including phenoxy) is 1. The standard InChI is InChI=1S/C18H17N3O3/c1-12-8-15(12)17-7-6-14(24-17)10-20-21-18(22)11-23-16-5-3-2-4-13(16)9-19/h2-7,10,12,15H,8,11H2,1H3,(H,21,22)/b20-10-/t12-,15-/m1/s1. The molecule has 0 bridgehead atoms. The van der Waals surface area contributed by atoms with Crippen LogP contribution in [0.1, 0.15) is 36.3 Å². The molecule has 1 saturated carbocycles. The Morgan fingerprint density at radius 2 is 2.25 bits per heavy atom. The van der Waals surface area contributed by atoms with Gasteiger partial charge >= 0.3 is 0 Å². The van der Waals surface area contributed by atoms with Gasteiger partial charge in [0.1, 0.15) is 23.3 Å². The van der Waals surface area contributed by atoms with Gasteiger partial charge in [0, 0.05) is 5.92 Å². The van der Waals surface area contributed by atoms with Crippen molar-refractivity contribution >= 4 is 12.1 Å². The predicted octanol–water partition coefficient (Wildman–Crippen LogP) is 2.80. The second-order valence-corrected chi connectivity index (χ2v) is 5.75. The summed E-state index contributed by atoms with van der Waals surface area (Å²) < 4.78 is 11.0. The number of hydrazone groups is 1. The minimum absolute atomic E-state index is 0.223. The molecule has 1 heterocycles. The molecule has 1 aliphatic carbocycles. The van der Waals surface area contributed by atoms with E-state index in [2.05, 4.69) is 17.5 Å². The average Bonchev–Trinajstić information content (AvgIpc) is 3.14. The van der Waals surface area contributed by atoms with Crippen LogP contribution in [0.5, 0.6) is 5.75 Å². The summed E-state index contributed by atoms with van der Waals surface area (Å²) in [5.74, 6) is 2.70. The van der Waals surface area contributed by atoms with E-state index in [-0.39, 0.29) is 6.61 Å². The Labute approximate surface area is 139 Å². The second kappa shape index (κ2) is 7.01. The molecule has 2 aromatic rings. The number of hydrogen-bond donors (Lipinski definition) is 1. The van der Waals surface area contributed by atoms with Crippen molar-refractivity contribution in [1.82, 2.24) is 5.43 Å². The molecule has 6 nitrogen and oxygen atoms in total. The van der Waals surface area contributed by atoms with Crippen molar-refractivity contribution in [3.05, 3.63) is 53.5 Å². The molecule has 0 aliphatic heterocycles. The highest BCUT2D eigenvalue weighted by molar-refractivity contribution is 5.81. The largest absolute Gasteiger partial charge is 0.482 e. The van der Waals surface area contributed by atoms with Gasteiger partial charge in [-0.05, 0) is 36.6 Å². The molecule has 0 spiro atoms. The summed E-state index contributed by atoms with van der Waals surface area (Å²) in [6, 6.07) is 12.5. The smallest absolute Gasteiger partial charge is 0.277 e. The molecule has 122 valence electrons. The molecule has 1 N–H and O–H groups in total. The molecule has 1 aromatic heterocycles. The maximum atomic E-state index is 11.7. The lowest BCUT2D eigenvalue weighted by Crippen LogP contribution is -2.24. The summed E-state index contributed by atoms with van der Waals surface area (Å²) in [6.45, 7) is 1.96. The first-order valence-electron chi connectivity index (χ1n) is 7.71. The number of carbonyl (C=O) groups is 1. The van der Waals surface area contributed by atoms with Gasteiger partial charge in [-0.15, -0.1) is 0 Å². The van der Waals surface area contributed by atoms with Gasteiger partial charge in [-0.2, -0.15) is 10.4 Å². The van der Waals surface area contributed by atoms with Gasteiger partial charge in [0.25, 0.3) is 5.91 Å². The molecular weight excluding hydrogens is 306 g/mol. The summed E-state index contributed by atoms with van der Waals surface area (Å²) in [7, 11) is 0. The predicted molar refractivity (Wildman–Crippen MR) is 87.6 cm³/mol. The monoisotopic (exact) mass is 323 g/mol. The van der Waals surface area contributed by atoms with E-state index in [1.54, 1.807) is 24.3 Å². The number of nitrogens with zero attached hydrogens (tertiary/aromatic N) is 2. The molecule has 0 unspecified atom stereocenters. The molecule has 6 heteroatoms. The molecule has 1 aromatic carbocycles. The third-order valence-corrected chi connectivity index (χ3v) is 3.87. The van der Waals surface area contributed by atoms with Crippen molar-refractivity contribution in [2.75, 3.05) is 6.61 Å². The first-order chi connectivity index (χ1) is 11.7. The van der Waals surface area contributed by atoms with Gasteiger partial charge in [0.15, 0.2) is 6.61 Å². The maximum Gasteiger partial charge on any atom is 0.277 e. The highest BCUT2D eigenvalue weighted by atomic mass is 16.5. The average molecular weight is 323 g/mol. The van der Waals surface area contributed by atoms with Crippen molar-refractivity contribution in [2.24, 2.45) is 11.0 Å². The van der Waals surface area contributed by atoms with Crippen LogP contribution >= 0.6 is 0 Å². The van der Waals surface area contributed by atoms with Crippen molar-refractivity contribution in [1.29, 1.82) is 5.26 Å². The summed E-state index contributed by atoms with van der Waals surface area (Å²) in [6.07, 6.45) is 2.61. The zero-order chi connectivity index (χ0) is 16.9. The van der Waals surface area contributed by atoms with E-state index >= 15 is 0 Å².